The Morgan fingerprint density at radius 3 is 2.07 bits per heavy atom. The summed E-state index contributed by atoms with van der Waals surface area (Å²) in [6.07, 6.45) is -0.579. The van der Waals surface area contributed by atoms with Gasteiger partial charge in [0.25, 0.3) is 0 Å². The topological polar surface area (TPSA) is 20.2 Å². The Morgan fingerprint density at radius 2 is 1.67 bits per heavy atom. The van der Waals surface area contributed by atoms with Crippen LogP contribution in [0.2, 0.25) is 0 Å². The van der Waals surface area contributed by atoms with Gasteiger partial charge in [-0.25, -0.2) is 0 Å². The lowest BCUT2D eigenvalue weighted by atomic mass is 10.1. The van der Waals surface area contributed by atoms with Crippen molar-refractivity contribution in [1.82, 2.24) is 0 Å². The number of benzene rings is 1. The summed E-state index contributed by atoms with van der Waals surface area (Å²) < 4.78 is 0. The Labute approximate surface area is 101 Å². The molecule has 1 rings (SSSR count). The van der Waals surface area contributed by atoms with E-state index in [1.165, 1.54) is 4.90 Å². The van der Waals surface area contributed by atoms with Crippen molar-refractivity contribution in [3.63, 3.8) is 0 Å². The molecule has 1 aromatic carbocycles. The van der Waals surface area contributed by atoms with Gasteiger partial charge in [0.05, 0.1) is 11.5 Å². The lowest BCUT2D eigenvalue weighted by molar-refractivity contribution is 0.177. The Kier molecular flexibility index (Phi) is 4.97. The maximum absolute atomic E-state index is 9.73. The van der Waals surface area contributed by atoms with Crippen molar-refractivity contribution >= 4 is 23.4 Å². The van der Waals surface area contributed by atoms with E-state index in [0.29, 0.717) is 5.25 Å². The lowest BCUT2D eigenvalue weighted by Crippen LogP contribution is -2.07. The summed E-state index contributed by atoms with van der Waals surface area (Å²) in [5.74, 6) is 0. The Morgan fingerprint density at radius 1 is 1.13 bits per heavy atom. The fourth-order valence-corrected chi connectivity index (χ4v) is 2.26. The minimum Gasteiger partial charge on any atom is -0.387 e. The highest BCUT2D eigenvalue weighted by atomic mass is 35.5. The van der Waals surface area contributed by atoms with Gasteiger partial charge in [-0.05, 0) is 24.6 Å². The molecule has 0 aliphatic rings. The van der Waals surface area contributed by atoms with Gasteiger partial charge in [-0.2, -0.15) is 0 Å². The number of aliphatic hydroxyl groups excluding tert-OH is 1. The van der Waals surface area contributed by atoms with Crippen molar-refractivity contribution < 1.29 is 5.11 Å². The predicted octanol–water partition coefficient (Wildman–Crippen LogP) is 3.85. The molecule has 0 heterocycles. The molecule has 0 amide bonds. The first kappa shape index (κ1) is 12.9. The molecule has 0 bridgehead atoms. The molecular formula is C12H17ClOS. The first-order chi connectivity index (χ1) is 7.00. The van der Waals surface area contributed by atoms with Gasteiger partial charge in [0.2, 0.25) is 0 Å². The second-order valence-corrected chi connectivity index (χ2v) is 6.20. The number of hydrogen-bond donors (Lipinski definition) is 1. The summed E-state index contributed by atoms with van der Waals surface area (Å²) >= 11 is 7.64. The highest BCUT2D eigenvalue weighted by Gasteiger charge is 2.13. The zero-order chi connectivity index (χ0) is 11.4. The highest BCUT2D eigenvalue weighted by molar-refractivity contribution is 7.99. The number of thioether (sulfide) groups is 1. The van der Waals surface area contributed by atoms with Crippen molar-refractivity contribution in [1.29, 1.82) is 0 Å². The number of halogens is 1. The molecule has 0 aromatic heterocycles. The van der Waals surface area contributed by atoms with Crippen LogP contribution in [0.4, 0.5) is 0 Å². The van der Waals surface area contributed by atoms with Gasteiger partial charge in [0, 0.05) is 10.1 Å². The smallest absolute Gasteiger partial charge is 0.0950 e. The molecule has 1 aromatic rings. The maximum Gasteiger partial charge on any atom is 0.0950 e. The Hall–Kier alpha value is -0.180. The molecule has 0 fully saturated rings. The van der Waals surface area contributed by atoms with E-state index in [9.17, 15) is 5.11 Å². The second kappa shape index (κ2) is 5.78. The average molecular weight is 245 g/mol. The summed E-state index contributed by atoms with van der Waals surface area (Å²) in [6, 6.07) is 7.94. The predicted molar refractivity (Wildman–Crippen MR) is 67.7 cm³/mol. The van der Waals surface area contributed by atoms with E-state index in [4.69, 9.17) is 11.6 Å². The van der Waals surface area contributed by atoms with E-state index in [-0.39, 0.29) is 5.38 Å². The van der Waals surface area contributed by atoms with Gasteiger partial charge < -0.3 is 5.11 Å². The molecular weight excluding hydrogens is 228 g/mol. The van der Waals surface area contributed by atoms with Crippen LogP contribution < -0.4 is 0 Å². The molecule has 2 atom stereocenters. The van der Waals surface area contributed by atoms with Gasteiger partial charge in [-0.1, -0.05) is 26.0 Å². The summed E-state index contributed by atoms with van der Waals surface area (Å²) in [5.41, 5.74) is 0.880. The van der Waals surface area contributed by atoms with Crippen molar-refractivity contribution in [2.24, 2.45) is 0 Å². The molecule has 1 nitrogen and oxygen atoms in total. The lowest BCUT2D eigenvalue weighted by Gasteiger charge is -2.13. The molecule has 0 saturated heterocycles. The summed E-state index contributed by atoms with van der Waals surface area (Å²) in [7, 11) is 0. The second-order valence-electron chi connectivity index (χ2n) is 3.86. The minimum absolute atomic E-state index is 0.256. The zero-order valence-corrected chi connectivity index (χ0v) is 10.8. The van der Waals surface area contributed by atoms with Crippen LogP contribution in [-0.2, 0) is 0 Å². The first-order valence-corrected chi connectivity index (χ1v) is 6.41. The van der Waals surface area contributed by atoms with Crippen LogP contribution in [0.1, 0.15) is 32.4 Å². The molecule has 3 heteroatoms. The molecule has 0 saturated carbocycles. The van der Waals surface area contributed by atoms with Crippen LogP contribution in [0.15, 0.2) is 29.2 Å². The fraction of sp³-hybridized carbons (Fsp3) is 0.500. The minimum atomic E-state index is -0.579. The van der Waals surface area contributed by atoms with Crippen LogP contribution in [-0.4, -0.2) is 15.7 Å². The van der Waals surface area contributed by atoms with Gasteiger partial charge in [0.15, 0.2) is 0 Å². The molecule has 0 spiro atoms. The quantitative estimate of drug-likeness (QED) is 0.641. The van der Waals surface area contributed by atoms with E-state index in [2.05, 4.69) is 13.8 Å². The zero-order valence-electron chi connectivity index (χ0n) is 9.27. The first-order valence-electron chi connectivity index (χ1n) is 5.09. The fourth-order valence-electron chi connectivity index (χ4n) is 1.28. The van der Waals surface area contributed by atoms with Crippen LogP contribution in [0.5, 0.6) is 0 Å². The molecule has 1 N–H and O–H groups in total. The number of rotatable bonds is 4. The van der Waals surface area contributed by atoms with Crippen molar-refractivity contribution in [2.45, 2.75) is 42.4 Å². The monoisotopic (exact) mass is 244 g/mol. The average Bonchev–Trinajstić information content (AvgIpc) is 2.17. The van der Waals surface area contributed by atoms with E-state index >= 15 is 0 Å². The molecule has 2 unspecified atom stereocenters. The van der Waals surface area contributed by atoms with Crippen LogP contribution in [0, 0.1) is 0 Å². The molecule has 84 valence electrons. The number of hydrogen-bond acceptors (Lipinski definition) is 2. The van der Waals surface area contributed by atoms with E-state index in [0.717, 1.165) is 5.56 Å². The van der Waals surface area contributed by atoms with Crippen molar-refractivity contribution in [3.8, 4) is 0 Å². The third-order valence-corrected chi connectivity index (χ3v) is 3.28. The van der Waals surface area contributed by atoms with Gasteiger partial charge >= 0.3 is 0 Å². The summed E-state index contributed by atoms with van der Waals surface area (Å²) in [5, 5.41) is 10.1. The molecule has 15 heavy (non-hydrogen) atoms. The normalized spacial score (nSPS) is 15.3. The van der Waals surface area contributed by atoms with Gasteiger partial charge in [-0.15, -0.1) is 23.4 Å². The Bertz CT molecular complexity index is 295. The van der Waals surface area contributed by atoms with Crippen molar-refractivity contribution in [3.05, 3.63) is 29.8 Å². The third kappa shape index (κ3) is 4.06. The van der Waals surface area contributed by atoms with Crippen LogP contribution >= 0.6 is 23.4 Å². The summed E-state index contributed by atoms with van der Waals surface area (Å²) in [4.78, 5) is 1.23. The third-order valence-electron chi connectivity index (χ3n) is 2.03. The maximum atomic E-state index is 9.73. The van der Waals surface area contributed by atoms with E-state index in [1.54, 1.807) is 6.92 Å². The van der Waals surface area contributed by atoms with Gasteiger partial charge in [0.1, 0.15) is 0 Å². The molecule has 0 aliphatic heterocycles. The molecule has 0 aliphatic carbocycles. The summed E-state index contributed by atoms with van der Waals surface area (Å²) in [6.45, 7) is 6.12. The largest absolute Gasteiger partial charge is 0.387 e. The van der Waals surface area contributed by atoms with E-state index < -0.39 is 6.10 Å². The van der Waals surface area contributed by atoms with Gasteiger partial charge in [-0.3, -0.25) is 0 Å². The highest BCUT2D eigenvalue weighted by Crippen LogP contribution is 2.26. The van der Waals surface area contributed by atoms with E-state index in [1.807, 2.05) is 36.0 Å². The standard InChI is InChI=1S/C12H17ClOS/c1-8(2)15-11-6-4-10(5-7-11)12(14)9(3)13/h4-9,12,14H,1-3H3. The van der Waals surface area contributed by atoms with Crippen LogP contribution in [0.3, 0.4) is 0 Å². The SMILES string of the molecule is CC(C)Sc1ccc(C(O)C(C)Cl)cc1. The van der Waals surface area contributed by atoms with Crippen LogP contribution in [0.25, 0.3) is 0 Å². The molecule has 0 radical (unpaired) electrons. The Balaban J connectivity index is 2.72. The van der Waals surface area contributed by atoms with Crippen molar-refractivity contribution in [2.75, 3.05) is 0 Å². The number of aliphatic hydroxyl groups is 1. The number of alkyl halides is 1.